The van der Waals surface area contributed by atoms with Crippen LogP contribution in [0.15, 0.2) is 24.3 Å². The molecule has 0 atom stereocenters. The predicted octanol–water partition coefficient (Wildman–Crippen LogP) is 2.85. The lowest BCUT2D eigenvalue weighted by atomic mass is 10.1. The molecule has 2 rings (SSSR count). The van der Waals surface area contributed by atoms with Crippen LogP contribution in [-0.2, 0) is 4.79 Å². The smallest absolute Gasteiger partial charge is 0.241 e. The largest absolute Gasteiger partial charge is 0.331 e. The molecule has 0 saturated heterocycles. The van der Waals surface area contributed by atoms with E-state index in [-0.39, 0.29) is 11.8 Å². The number of benzene rings is 1. The molecule has 0 radical (unpaired) electrons. The molecule has 0 unspecified atom stereocenters. The molecule has 1 saturated carbocycles. The molecule has 1 fully saturated rings. The maximum absolute atomic E-state index is 11.8. The molecular weight excluding hydrogens is 282 g/mol. The van der Waals surface area contributed by atoms with Gasteiger partial charge in [0.05, 0.1) is 0 Å². The van der Waals surface area contributed by atoms with Crippen LogP contribution < -0.4 is 16.2 Å². The van der Waals surface area contributed by atoms with Gasteiger partial charge in [-0.25, -0.2) is 0 Å². The monoisotopic (exact) mass is 297 g/mol. The Morgan fingerprint density at radius 3 is 2.68 bits per heavy atom. The van der Waals surface area contributed by atoms with Crippen molar-refractivity contribution in [2.45, 2.75) is 25.7 Å². The lowest BCUT2D eigenvalue weighted by Gasteiger charge is -2.14. The highest BCUT2D eigenvalue weighted by molar-refractivity contribution is 7.80. The third-order valence-corrected chi connectivity index (χ3v) is 3.55. The normalized spacial score (nSPS) is 15.0. The predicted molar refractivity (Wildman–Crippen MR) is 80.9 cm³/mol. The summed E-state index contributed by atoms with van der Waals surface area (Å²) in [6.07, 6.45) is 4.18. The van der Waals surface area contributed by atoms with E-state index in [0.717, 1.165) is 31.4 Å². The summed E-state index contributed by atoms with van der Waals surface area (Å²) >= 11 is 11.0. The molecule has 0 aliphatic heterocycles. The Kier molecular flexibility index (Phi) is 4.99. The molecule has 0 heterocycles. The van der Waals surface area contributed by atoms with Gasteiger partial charge in [0.1, 0.15) is 0 Å². The molecule has 1 amide bonds. The van der Waals surface area contributed by atoms with Gasteiger partial charge in [0.25, 0.3) is 0 Å². The Labute approximate surface area is 122 Å². The summed E-state index contributed by atoms with van der Waals surface area (Å²) in [5, 5.41) is 3.92. The Bertz CT molecular complexity index is 475. The fourth-order valence-corrected chi connectivity index (χ4v) is 2.50. The van der Waals surface area contributed by atoms with Crippen molar-refractivity contribution in [2.75, 3.05) is 5.32 Å². The fourth-order valence-electron chi connectivity index (χ4n) is 2.14. The van der Waals surface area contributed by atoms with E-state index in [4.69, 9.17) is 23.8 Å². The maximum Gasteiger partial charge on any atom is 0.241 e. The van der Waals surface area contributed by atoms with Gasteiger partial charge in [-0.1, -0.05) is 30.5 Å². The Balaban J connectivity index is 1.76. The van der Waals surface area contributed by atoms with E-state index >= 15 is 0 Å². The molecule has 19 heavy (non-hydrogen) atoms. The third kappa shape index (κ3) is 4.36. The number of anilines is 1. The zero-order chi connectivity index (χ0) is 13.7. The average molecular weight is 298 g/mol. The number of carbonyl (C=O) groups excluding carboxylic acids is 1. The first-order chi connectivity index (χ1) is 9.15. The summed E-state index contributed by atoms with van der Waals surface area (Å²) in [7, 11) is 0. The lowest BCUT2D eigenvalue weighted by molar-refractivity contribution is -0.125. The first-order valence-electron chi connectivity index (χ1n) is 6.27. The van der Waals surface area contributed by atoms with Crippen molar-refractivity contribution in [3.05, 3.63) is 29.3 Å². The van der Waals surface area contributed by atoms with Crippen molar-refractivity contribution in [1.82, 2.24) is 10.9 Å². The molecule has 6 heteroatoms. The average Bonchev–Trinajstić information content (AvgIpc) is 2.90. The van der Waals surface area contributed by atoms with Crippen LogP contribution in [0.3, 0.4) is 0 Å². The lowest BCUT2D eigenvalue weighted by Crippen LogP contribution is -2.45. The zero-order valence-electron chi connectivity index (χ0n) is 10.4. The van der Waals surface area contributed by atoms with Gasteiger partial charge < -0.3 is 5.32 Å². The summed E-state index contributed by atoms with van der Waals surface area (Å²) in [6, 6.07) is 7.21. The number of amides is 1. The van der Waals surface area contributed by atoms with Crippen LogP contribution in [0.1, 0.15) is 25.7 Å². The van der Waals surface area contributed by atoms with Gasteiger partial charge in [-0.3, -0.25) is 15.6 Å². The van der Waals surface area contributed by atoms with E-state index in [0.29, 0.717) is 10.1 Å². The Hall–Kier alpha value is -1.33. The molecule has 1 aromatic rings. The molecular formula is C13H16ClN3OS. The van der Waals surface area contributed by atoms with Crippen molar-refractivity contribution in [3.8, 4) is 0 Å². The van der Waals surface area contributed by atoms with E-state index < -0.39 is 0 Å². The molecule has 4 nitrogen and oxygen atoms in total. The van der Waals surface area contributed by atoms with Crippen molar-refractivity contribution in [1.29, 1.82) is 0 Å². The van der Waals surface area contributed by atoms with E-state index in [2.05, 4.69) is 16.2 Å². The van der Waals surface area contributed by atoms with Gasteiger partial charge in [-0.2, -0.15) is 0 Å². The number of halogens is 1. The minimum Gasteiger partial charge on any atom is -0.331 e. The van der Waals surface area contributed by atoms with Crippen LogP contribution >= 0.6 is 23.8 Å². The molecule has 0 aromatic heterocycles. The number of hydrogen-bond acceptors (Lipinski definition) is 2. The maximum atomic E-state index is 11.8. The highest BCUT2D eigenvalue weighted by Gasteiger charge is 2.22. The number of carbonyl (C=O) groups is 1. The molecule has 0 spiro atoms. The summed E-state index contributed by atoms with van der Waals surface area (Å²) < 4.78 is 0. The third-order valence-electron chi connectivity index (χ3n) is 3.11. The molecule has 1 aromatic carbocycles. The quantitative estimate of drug-likeness (QED) is 0.580. The summed E-state index contributed by atoms with van der Waals surface area (Å²) in [6.45, 7) is 0. The molecule has 102 valence electrons. The number of hydrogen-bond donors (Lipinski definition) is 3. The topological polar surface area (TPSA) is 53.2 Å². The number of rotatable bonds is 2. The van der Waals surface area contributed by atoms with Gasteiger partial charge in [0, 0.05) is 16.6 Å². The van der Waals surface area contributed by atoms with Gasteiger partial charge in [0.15, 0.2) is 5.11 Å². The van der Waals surface area contributed by atoms with Crippen LogP contribution in [0.25, 0.3) is 0 Å². The van der Waals surface area contributed by atoms with Gasteiger partial charge in [0.2, 0.25) is 5.91 Å². The van der Waals surface area contributed by atoms with Crippen LogP contribution in [0.2, 0.25) is 5.02 Å². The highest BCUT2D eigenvalue weighted by Crippen LogP contribution is 2.24. The first-order valence-corrected chi connectivity index (χ1v) is 7.06. The summed E-state index contributed by atoms with van der Waals surface area (Å²) in [5.74, 6) is 0.120. The van der Waals surface area contributed by atoms with E-state index in [1.807, 2.05) is 12.1 Å². The number of nitrogens with one attached hydrogen (secondary N) is 3. The van der Waals surface area contributed by atoms with Gasteiger partial charge in [-0.05, 0) is 43.3 Å². The van der Waals surface area contributed by atoms with Gasteiger partial charge in [-0.15, -0.1) is 0 Å². The summed E-state index contributed by atoms with van der Waals surface area (Å²) in [5.41, 5.74) is 6.12. The minimum atomic E-state index is 0.00717. The second kappa shape index (κ2) is 6.73. The van der Waals surface area contributed by atoms with Gasteiger partial charge >= 0.3 is 0 Å². The fraction of sp³-hybridized carbons (Fsp3) is 0.385. The van der Waals surface area contributed by atoms with Crippen molar-refractivity contribution < 1.29 is 4.79 Å². The molecule has 1 aliphatic rings. The van der Waals surface area contributed by atoms with Crippen molar-refractivity contribution >= 4 is 40.5 Å². The van der Waals surface area contributed by atoms with Crippen LogP contribution in [0.4, 0.5) is 5.69 Å². The molecule has 0 bridgehead atoms. The molecule has 1 aliphatic carbocycles. The zero-order valence-corrected chi connectivity index (χ0v) is 12.0. The van der Waals surface area contributed by atoms with E-state index in [1.165, 1.54) is 0 Å². The highest BCUT2D eigenvalue weighted by atomic mass is 35.5. The van der Waals surface area contributed by atoms with E-state index in [9.17, 15) is 4.79 Å². The second-order valence-electron chi connectivity index (χ2n) is 4.56. The Morgan fingerprint density at radius 1 is 1.26 bits per heavy atom. The second-order valence-corrected chi connectivity index (χ2v) is 5.40. The first kappa shape index (κ1) is 14.1. The van der Waals surface area contributed by atoms with Crippen molar-refractivity contribution in [2.24, 2.45) is 5.92 Å². The SMILES string of the molecule is O=C(NNC(=S)Nc1cccc(Cl)c1)C1CCCC1. The minimum absolute atomic E-state index is 0.00717. The van der Waals surface area contributed by atoms with Crippen LogP contribution in [0.5, 0.6) is 0 Å². The van der Waals surface area contributed by atoms with Crippen LogP contribution in [0, 0.1) is 5.92 Å². The standard InChI is InChI=1S/C13H16ClN3OS/c14-10-6-3-7-11(8-10)15-13(19)17-16-12(18)9-4-1-2-5-9/h3,6-9H,1-2,4-5H2,(H,16,18)(H2,15,17,19). The van der Waals surface area contributed by atoms with Crippen LogP contribution in [-0.4, -0.2) is 11.0 Å². The number of thiocarbonyl (C=S) groups is 1. The molecule has 3 N–H and O–H groups in total. The van der Waals surface area contributed by atoms with Crippen molar-refractivity contribution in [3.63, 3.8) is 0 Å². The summed E-state index contributed by atoms with van der Waals surface area (Å²) in [4.78, 5) is 11.8. The van der Waals surface area contributed by atoms with E-state index in [1.54, 1.807) is 12.1 Å². The Morgan fingerprint density at radius 2 is 2.00 bits per heavy atom. The number of hydrazine groups is 1.